The molecule has 0 bridgehead atoms. The Morgan fingerprint density at radius 2 is 2.40 bits per heavy atom. The Bertz CT molecular complexity index is 205. The summed E-state index contributed by atoms with van der Waals surface area (Å²) in [5.74, 6) is 0.806. The number of ether oxygens (including phenoxy) is 1. The van der Waals surface area contributed by atoms with Gasteiger partial charge in [-0.05, 0) is 18.8 Å². The summed E-state index contributed by atoms with van der Waals surface area (Å²) in [5.41, 5.74) is 5.49. The minimum atomic E-state index is -0.130. The van der Waals surface area contributed by atoms with Gasteiger partial charge in [0.15, 0.2) is 0 Å². The quantitative estimate of drug-likeness (QED) is 0.746. The Labute approximate surface area is 91.8 Å². The van der Waals surface area contributed by atoms with E-state index >= 15 is 0 Å². The molecule has 4 heteroatoms. The molecule has 2 N–H and O–H groups in total. The number of hydrogen-bond acceptors (Lipinski definition) is 3. The molecule has 15 heavy (non-hydrogen) atoms. The molecule has 0 spiro atoms. The summed E-state index contributed by atoms with van der Waals surface area (Å²) in [6.07, 6.45) is 2.64. The van der Waals surface area contributed by atoms with Gasteiger partial charge in [-0.2, -0.15) is 0 Å². The molecule has 0 aromatic carbocycles. The Morgan fingerprint density at radius 1 is 1.67 bits per heavy atom. The maximum absolute atomic E-state index is 11.9. The van der Waals surface area contributed by atoms with Gasteiger partial charge in [0.2, 0.25) is 5.91 Å². The van der Waals surface area contributed by atoms with Gasteiger partial charge in [-0.3, -0.25) is 4.79 Å². The first-order chi connectivity index (χ1) is 7.17. The van der Waals surface area contributed by atoms with Crippen molar-refractivity contribution in [3.63, 3.8) is 0 Å². The number of nitrogens with zero attached hydrogens (tertiary/aromatic N) is 1. The van der Waals surface area contributed by atoms with Crippen molar-refractivity contribution in [2.24, 2.45) is 11.7 Å². The van der Waals surface area contributed by atoms with Crippen LogP contribution in [0.3, 0.4) is 0 Å². The number of carbonyl (C=O) groups is 1. The van der Waals surface area contributed by atoms with Crippen LogP contribution in [0.2, 0.25) is 0 Å². The van der Waals surface area contributed by atoms with E-state index in [2.05, 4.69) is 6.92 Å². The Morgan fingerprint density at radius 3 is 2.93 bits per heavy atom. The summed E-state index contributed by atoms with van der Waals surface area (Å²) in [6.45, 7) is 4.38. The molecule has 1 rings (SSSR count). The molecule has 2 atom stereocenters. The second-order valence-electron chi connectivity index (χ2n) is 4.38. The van der Waals surface area contributed by atoms with Gasteiger partial charge in [0, 0.05) is 26.7 Å². The maximum atomic E-state index is 11.9. The number of rotatable bonds is 4. The van der Waals surface area contributed by atoms with Crippen molar-refractivity contribution in [3.8, 4) is 0 Å². The normalized spacial score (nSPS) is 23.9. The summed E-state index contributed by atoms with van der Waals surface area (Å²) in [4.78, 5) is 13.8. The molecule has 1 aliphatic heterocycles. The molecule has 0 aromatic heterocycles. The smallest absolute Gasteiger partial charge is 0.225 e. The van der Waals surface area contributed by atoms with E-state index in [0.717, 1.165) is 19.5 Å². The van der Waals surface area contributed by atoms with Gasteiger partial charge in [0.1, 0.15) is 0 Å². The number of carbonyl (C=O) groups excluding carboxylic acids is 1. The van der Waals surface area contributed by atoms with Gasteiger partial charge >= 0.3 is 0 Å². The van der Waals surface area contributed by atoms with Crippen LogP contribution >= 0.6 is 0 Å². The lowest BCUT2D eigenvalue weighted by Gasteiger charge is -2.31. The van der Waals surface area contributed by atoms with E-state index in [1.807, 2.05) is 4.90 Å². The highest BCUT2D eigenvalue weighted by atomic mass is 16.5. The standard InChI is InChI=1S/C11H22N2O2/c1-9-4-3-5-13(8-9)11(14)6-10(7-12)15-2/h9-10H,3-8,12H2,1-2H3. The van der Waals surface area contributed by atoms with E-state index in [1.165, 1.54) is 6.42 Å². The first kappa shape index (κ1) is 12.5. The van der Waals surface area contributed by atoms with Crippen LogP contribution in [0.5, 0.6) is 0 Å². The van der Waals surface area contributed by atoms with Crippen LogP contribution in [-0.4, -0.2) is 43.7 Å². The second kappa shape index (κ2) is 6.08. The van der Waals surface area contributed by atoms with E-state index in [9.17, 15) is 4.79 Å². The molecule has 1 fully saturated rings. The molecule has 1 saturated heterocycles. The highest BCUT2D eigenvalue weighted by molar-refractivity contribution is 5.76. The summed E-state index contributed by atoms with van der Waals surface area (Å²) in [5, 5.41) is 0. The fraction of sp³-hybridized carbons (Fsp3) is 0.909. The molecule has 0 aliphatic carbocycles. The van der Waals surface area contributed by atoms with Gasteiger partial charge in [-0.15, -0.1) is 0 Å². The van der Waals surface area contributed by atoms with Crippen LogP contribution < -0.4 is 5.73 Å². The van der Waals surface area contributed by atoms with Crippen LogP contribution in [0, 0.1) is 5.92 Å². The third-order valence-electron chi connectivity index (χ3n) is 3.01. The average molecular weight is 214 g/mol. The Balaban J connectivity index is 2.38. The highest BCUT2D eigenvalue weighted by Crippen LogP contribution is 2.16. The minimum absolute atomic E-state index is 0.130. The second-order valence-corrected chi connectivity index (χ2v) is 4.38. The van der Waals surface area contributed by atoms with Gasteiger partial charge < -0.3 is 15.4 Å². The third kappa shape index (κ3) is 3.80. The van der Waals surface area contributed by atoms with Crippen LogP contribution in [0.4, 0.5) is 0 Å². The molecule has 0 aromatic rings. The predicted molar refractivity (Wildman–Crippen MR) is 59.4 cm³/mol. The van der Waals surface area contributed by atoms with Crippen molar-refractivity contribution in [1.82, 2.24) is 4.90 Å². The monoisotopic (exact) mass is 214 g/mol. The van der Waals surface area contributed by atoms with E-state index < -0.39 is 0 Å². The maximum Gasteiger partial charge on any atom is 0.225 e. The van der Waals surface area contributed by atoms with Gasteiger partial charge in [-0.25, -0.2) is 0 Å². The molecule has 4 nitrogen and oxygen atoms in total. The van der Waals surface area contributed by atoms with E-state index in [4.69, 9.17) is 10.5 Å². The van der Waals surface area contributed by atoms with Crippen molar-refractivity contribution < 1.29 is 9.53 Å². The van der Waals surface area contributed by atoms with Crippen LogP contribution in [0.25, 0.3) is 0 Å². The highest BCUT2D eigenvalue weighted by Gasteiger charge is 2.22. The zero-order chi connectivity index (χ0) is 11.3. The number of likely N-dealkylation sites (tertiary alicyclic amines) is 1. The summed E-state index contributed by atoms with van der Waals surface area (Å²) >= 11 is 0. The lowest BCUT2D eigenvalue weighted by atomic mass is 10.00. The SMILES string of the molecule is COC(CN)CC(=O)N1CCCC(C)C1. The molecule has 88 valence electrons. The van der Waals surface area contributed by atoms with Gasteiger partial charge in [-0.1, -0.05) is 6.92 Å². The fourth-order valence-corrected chi connectivity index (χ4v) is 2.00. The number of nitrogens with two attached hydrogens (primary N) is 1. The lowest BCUT2D eigenvalue weighted by Crippen LogP contribution is -2.41. The van der Waals surface area contributed by atoms with E-state index in [1.54, 1.807) is 7.11 Å². The first-order valence-corrected chi connectivity index (χ1v) is 5.68. The topological polar surface area (TPSA) is 55.6 Å². The minimum Gasteiger partial charge on any atom is -0.380 e. The molecule has 1 amide bonds. The summed E-state index contributed by atoms with van der Waals surface area (Å²) in [7, 11) is 1.60. The molecular weight excluding hydrogens is 192 g/mol. The third-order valence-corrected chi connectivity index (χ3v) is 3.01. The average Bonchev–Trinajstić information content (AvgIpc) is 2.25. The van der Waals surface area contributed by atoms with Crippen molar-refractivity contribution in [3.05, 3.63) is 0 Å². The van der Waals surface area contributed by atoms with Crippen molar-refractivity contribution >= 4 is 5.91 Å². The van der Waals surface area contributed by atoms with Gasteiger partial charge in [0.25, 0.3) is 0 Å². The van der Waals surface area contributed by atoms with E-state index in [0.29, 0.717) is 18.9 Å². The van der Waals surface area contributed by atoms with Crippen LogP contribution in [0.15, 0.2) is 0 Å². The van der Waals surface area contributed by atoms with Gasteiger partial charge in [0.05, 0.1) is 12.5 Å². The predicted octanol–water partition coefficient (Wildman–Crippen LogP) is 0.609. The zero-order valence-corrected chi connectivity index (χ0v) is 9.74. The lowest BCUT2D eigenvalue weighted by molar-refractivity contribution is -0.135. The molecule has 2 unspecified atom stereocenters. The molecule has 0 saturated carbocycles. The largest absolute Gasteiger partial charge is 0.380 e. The van der Waals surface area contributed by atoms with Crippen LogP contribution in [0.1, 0.15) is 26.2 Å². The number of piperidine rings is 1. The van der Waals surface area contributed by atoms with Crippen molar-refractivity contribution in [2.75, 3.05) is 26.7 Å². The molecular formula is C11H22N2O2. The Hall–Kier alpha value is -0.610. The van der Waals surface area contributed by atoms with Crippen molar-refractivity contribution in [2.45, 2.75) is 32.3 Å². The molecule has 1 heterocycles. The number of hydrogen-bond donors (Lipinski definition) is 1. The zero-order valence-electron chi connectivity index (χ0n) is 9.74. The van der Waals surface area contributed by atoms with Crippen molar-refractivity contribution in [1.29, 1.82) is 0 Å². The summed E-state index contributed by atoms with van der Waals surface area (Å²) < 4.78 is 5.12. The number of amides is 1. The number of methoxy groups -OCH3 is 1. The first-order valence-electron chi connectivity index (χ1n) is 5.68. The van der Waals surface area contributed by atoms with Crippen LogP contribution in [-0.2, 0) is 9.53 Å². The Kier molecular flexibility index (Phi) is 5.05. The molecule has 1 aliphatic rings. The molecule has 0 radical (unpaired) electrons. The fourth-order valence-electron chi connectivity index (χ4n) is 2.00. The van der Waals surface area contributed by atoms with E-state index in [-0.39, 0.29) is 12.0 Å². The summed E-state index contributed by atoms with van der Waals surface area (Å²) in [6, 6.07) is 0.